The number of nitrogens with zero attached hydrogens (tertiary/aromatic N) is 1. The summed E-state index contributed by atoms with van der Waals surface area (Å²) < 4.78 is 42.3. The number of hydrogen-bond acceptors (Lipinski definition) is 3. The number of esters is 1. The van der Waals surface area contributed by atoms with Gasteiger partial charge in [-0.05, 0) is 17.7 Å². The molecule has 0 radical (unpaired) electrons. The Morgan fingerprint density at radius 1 is 1.50 bits per heavy atom. The van der Waals surface area contributed by atoms with Crippen LogP contribution in [0.25, 0.3) is 0 Å². The number of methoxy groups -OCH3 is 1. The number of alkyl halides is 3. The second-order valence-electron chi connectivity index (χ2n) is 3.37. The van der Waals surface area contributed by atoms with Crippen molar-refractivity contribution in [2.24, 2.45) is 0 Å². The summed E-state index contributed by atoms with van der Waals surface area (Å²) in [6, 6.07) is 3.42. The second-order valence-corrected chi connectivity index (χ2v) is 3.75. The van der Waals surface area contributed by atoms with E-state index in [1.807, 2.05) is 0 Å². The molecule has 0 aromatic heterocycles. The van der Waals surface area contributed by atoms with E-state index >= 15 is 0 Å². The van der Waals surface area contributed by atoms with Gasteiger partial charge in [-0.3, -0.25) is 4.79 Å². The van der Waals surface area contributed by atoms with Crippen LogP contribution < -0.4 is 0 Å². The predicted molar refractivity (Wildman–Crippen MR) is 56.9 cm³/mol. The van der Waals surface area contributed by atoms with Crippen molar-refractivity contribution >= 4 is 17.6 Å². The number of halogens is 4. The molecule has 1 aromatic carbocycles. The summed E-state index contributed by atoms with van der Waals surface area (Å²) in [4.78, 5) is 11.0. The molecule has 0 aliphatic carbocycles. The molecule has 0 atom stereocenters. The Labute approximate surface area is 106 Å². The lowest BCUT2D eigenvalue weighted by molar-refractivity contribution is -0.140. The maximum absolute atomic E-state index is 12.7. The Balaban J connectivity index is 3.32. The SMILES string of the molecule is COC(=O)Cc1cc(C#N)c(Cl)c(C(F)(F)F)c1. The van der Waals surface area contributed by atoms with Crippen molar-refractivity contribution < 1.29 is 22.7 Å². The average molecular weight is 278 g/mol. The van der Waals surface area contributed by atoms with Gasteiger partial charge in [-0.2, -0.15) is 18.4 Å². The van der Waals surface area contributed by atoms with Crippen LogP contribution >= 0.6 is 11.6 Å². The van der Waals surface area contributed by atoms with Crippen molar-refractivity contribution in [3.63, 3.8) is 0 Å². The van der Waals surface area contributed by atoms with Crippen LogP contribution in [0.5, 0.6) is 0 Å². The van der Waals surface area contributed by atoms with Crippen molar-refractivity contribution in [2.45, 2.75) is 12.6 Å². The van der Waals surface area contributed by atoms with Crippen molar-refractivity contribution in [1.82, 2.24) is 0 Å². The molecule has 0 fully saturated rings. The molecule has 1 rings (SSSR count). The Bertz CT molecular complexity index is 520. The van der Waals surface area contributed by atoms with Crippen LogP contribution in [0.4, 0.5) is 13.2 Å². The van der Waals surface area contributed by atoms with Gasteiger partial charge in [0.1, 0.15) is 6.07 Å². The van der Waals surface area contributed by atoms with Gasteiger partial charge in [-0.15, -0.1) is 0 Å². The number of nitriles is 1. The largest absolute Gasteiger partial charge is 0.469 e. The van der Waals surface area contributed by atoms with Gasteiger partial charge in [-0.1, -0.05) is 11.6 Å². The molecule has 0 unspecified atom stereocenters. The third kappa shape index (κ3) is 3.14. The molecule has 0 saturated heterocycles. The first-order valence-electron chi connectivity index (χ1n) is 4.66. The molecular weight excluding hydrogens is 271 g/mol. The molecule has 3 nitrogen and oxygen atoms in total. The first-order valence-corrected chi connectivity index (χ1v) is 5.04. The fraction of sp³-hybridized carbons (Fsp3) is 0.273. The molecule has 96 valence electrons. The van der Waals surface area contributed by atoms with E-state index in [2.05, 4.69) is 4.74 Å². The normalized spacial score (nSPS) is 10.9. The minimum absolute atomic E-state index is 0.0233. The van der Waals surface area contributed by atoms with Crippen LogP contribution in [-0.4, -0.2) is 13.1 Å². The lowest BCUT2D eigenvalue weighted by Gasteiger charge is -2.12. The second kappa shape index (κ2) is 5.27. The van der Waals surface area contributed by atoms with Crippen LogP contribution in [0.1, 0.15) is 16.7 Å². The first-order chi connectivity index (χ1) is 8.29. The molecule has 0 saturated carbocycles. The minimum atomic E-state index is -4.69. The number of carbonyl (C=O) groups is 1. The van der Waals surface area contributed by atoms with E-state index < -0.39 is 22.7 Å². The van der Waals surface area contributed by atoms with Gasteiger partial charge in [0.25, 0.3) is 0 Å². The molecule has 18 heavy (non-hydrogen) atoms. The third-order valence-corrected chi connectivity index (χ3v) is 2.54. The van der Waals surface area contributed by atoms with E-state index in [-0.39, 0.29) is 17.5 Å². The number of hydrogen-bond donors (Lipinski definition) is 0. The van der Waals surface area contributed by atoms with Crippen molar-refractivity contribution in [1.29, 1.82) is 5.26 Å². The van der Waals surface area contributed by atoms with Crippen molar-refractivity contribution in [2.75, 3.05) is 7.11 Å². The van der Waals surface area contributed by atoms with Gasteiger partial charge >= 0.3 is 12.1 Å². The highest BCUT2D eigenvalue weighted by molar-refractivity contribution is 6.32. The molecule has 0 spiro atoms. The third-order valence-electron chi connectivity index (χ3n) is 2.13. The predicted octanol–water partition coefficient (Wildman–Crippen LogP) is 2.95. The lowest BCUT2D eigenvalue weighted by atomic mass is 10.0. The van der Waals surface area contributed by atoms with Gasteiger partial charge in [-0.25, -0.2) is 0 Å². The van der Waals surface area contributed by atoms with Crippen LogP contribution in [0.2, 0.25) is 5.02 Å². The van der Waals surface area contributed by atoms with Gasteiger partial charge in [0.05, 0.1) is 29.7 Å². The fourth-order valence-corrected chi connectivity index (χ4v) is 1.57. The zero-order valence-corrected chi connectivity index (χ0v) is 9.89. The zero-order chi connectivity index (χ0) is 13.9. The molecule has 0 heterocycles. The monoisotopic (exact) mass is 277 g/mol. The summed E-state index contributed by atoms with van der Waals surface area (Å²) in [5.41, 5.74) is -1.44. The Morgan fingerprint density at radius 2 is 2.11 bits per heavy atom. The summed E-state index contributed by atoms with van der Waals surface area (Å²) in [5, 5.41) is 8.04. The van der Waals surface area contributed by atoms with Gasteiger partial charge in [0.15, 0.2) is 0 Å². The van der Waals surface area contributed by atoms with Crippen LogP contribution in [0, 0.1) is 11.3 Å². The summed E-state index contributed by atoms with van der Waals surface area (Å²) in [6.45, 7) is 0. The Kier molecular flexibility index (Phi) is 4.19. The maximum Gasteiger partial charge on any atom is 0.417 e. The van der Waals surface area contributed by atoms with Crippen molar-refractivity contribution in [3.8, 4) is 6.07 Å². The summed E-state index contributed by atoms with van der Waals surface area (Å²) in [6.07, 6.45) is -5.04. The summed E-state index contributed by atoms with van der Waals surface area (Å²) >= 11 is 5.48. The molecule has 7 heteroatoms. The fourth-order valence-electron chi connectivity index (χ4n) is 1.31. The Hall–Kier alpha value is -1.74. The van der Waals surface area contributed by atoms with Crippen molar-refractivity contribution in [3.05, 3.63) is 33.8 Å². The van der Waals surface area contributed by atoms with Crippen LogP contribution in [-0.2, 0) is 22.1 Å². The summed E-state index contributed by atoms with van der Waals surface area (Å²) in [5.74, 6) is -0.700. The van der Waals surface area contributed by atoms with E-state index in [0.29, 0.717) is 0 Å². The zero-order valence-electron chi connectivity index (χ0n) is 9.14. The number of carbonyl (C=O) groups excluding carboxylic acids is 1. The smallest absolute Gasteiger partial charge is 0.417 e. The molecule has 0 aliphatic rings. The molecule has 0 bridgehead atoms. The van der Waals surface area contributed by atoms with Crippen LogP contribution in [0.15, 0.2) is 12.1 Å². The number of ether oxygens (including phenoxy) is 1. The van der Waals surface area contributed by atoms with Gasteiger partial charge in [0, 0.05) is 0 Å². The lowest BCUT2D eigenvalue weighted by Crippen LogP contribution is -2.10. The van der Waals surface area contributed by atoms with E-state index in [1.54, 1.807) is 6.07 Å². The number of benzene rings is 1. The van der Waals surface area contributed by atoms with Gasteiger partial charge in [0.2, 0.25) is 0 Å². The van der Waals surface area contributed by atoms with Gasteiger partial charge < -0.3 is 4.74 Å². The highest BCUT2D eigenvalue weighted by Gasteiger charge is 2.34. The first kappa shape index (κ1) is 14.3. The Morgan fingerprint density at radius 3 is 2.56 bits per heavy atom. The summed E-state index contributed by atoms with van der Waals surface area (Å²) in [7, 11) is 1.12. The van der Waals surface area contributed by atoms with E-state index in [1.165, 1.54) is 0 Å². The van der Waals surface area contributed by atoms with E-state index in [4.69, 9.17) is 16.9 Å². The van der Waals surface area contributed by atoms with E-state index in [9.17, 15) is 18.0 Å². The standard InChI is InChI=1S/C11H7ClF3NO2/c1-18-9(17)4-6-2-7(5-16)10(12)8(3-6)11(13,14)15/h2-3H,4H2,1H3. The molecule has 0 N–H and O–H groups in total. The molecule has 1 aromatic rings. The van der Waals surface area contributed by atoms with Crippen LogP contribution in [0.3, 0.4) is 0 Å². The quantitative estimate of drug-likeness (QED) is 0.781. The average Bonchev–Trinajstić information content (AvgIpc) is 2.29. The highest BCUT2D eigenvalue weighted by atomic mass is 35.5. The molecule has 0 amide bonds. The minimum Gasteiger partial charge on any atom is -0.469 e. The number of rotatable bonds is 2. The molecular formula is C11H7ClF3NO2. The molecule has 0 aliphatic heterocycles. The topological polar surface area (TPSA) is 50.1 Å². The maximum atomic E-state index is 12.7. The highest BCUT2D eigenvalue weighted by Crippen LogP contribution is 2.37. The van der Waals surface area contributed by atoms with E-state index in [0.717, 1.165) is 19.2 Å².